The zero-order valence-corrected chi connectivity index (χ0v) is 14.3. The van der Waals surface area contributed by atoms with Gasteiger partial charge >= 0.3 is 5.97 Å². The van der Waals surface area contributed by atoms with Crippen LogP contribution >= 0.6 is 15.9 Å². The summed E-state index contributed by atoms with van der Waals surface area (Å²) in [4.78, 5) is 10.7. The van der Waals surface area contributed by atoms with Gasteiger partial charge in [-0.05, 0) is 40.2 Å². The SMILES string of the molecule is COC(=O)c1cc(S(=O)(=O)Nc2ccc(F)cc2F)c(F)cc1Br. The van der Waals surface area contributed by atoms with E-state index >= 15 is 0 Å². The molecule has 0 bridgehead atoms. The summed E-state index contributed by atoms with van der Waals surface area (Å²) in [6.07, 6.45) is 0. The molecule has 0 saturated heterocycles. The van der Waals surface area contributed by atoms with Crippen molar-refractivity contribution < 1.29 is 31.1 Å². The van der Waals surface area contributed by atoms with E-state index in [9.17, 15) is 26.4 Å². The highest BCUT2D eigenvalue weighted by Gasteiger charge is 2.25. The Bertz CT molecular complexity index is 918. The molecule has 0 radical (unpaired) electrons. The summed E-state index contributed by atoms with van der Waals surface area (Å²) < 4.78 is 71.2. The standard InChI is InChI=1S/C14H9BrF3NO4S/c1-23-14(20)8-5-13(11(18)6-9(8)15)24(21,22)19-12-3-2-7(16)4-10(12)17/h2-6,19H,1H3. The second-order valence-electron chi connectivity index (χ2n) is 4.48. The van der Waals surface area contributed by atoms with Crippen LogP contribution in [0.5, 0.6) is 0 Å². The Balaban J connectivity index is 2.51. The van der Waals surface area contributed by atoms with Crippen molar-refractivity contribution in [2.45, 2.75) is 4.90 Å². The van der Waals surface area contributed by atoms with Crippen molar-refractivity contribution in [1.29, 1.82) is 0 Å². The van der Waals surface area contributed by atoms with Crippen molar-refractivity contribution in [2.75, 3.05) is 11.8 Å². The second-order valence-corrected chi connectivity index (χ2v) is 6.99. The number of anilines is 1. The van der Waals surface area contributed by atoms with Gasteiger partial charge in [-0.2, -0.15) is 0 Å². The van der Waals surface area contributed by atoms with Crippen molar-refractivity contribution in [3.05, 3.63) is 57.8 Å². The molecule has 0 atom stereocenters. The molecule has 0 aliphatic rings. The minimum atomic E-state index is -4.58. The van der Waals surface area contributed by atoms with Crippen LogP contribution in [-0.2, 0) is 14.8 Å². The second kappa shape index (κ2) is 6.81. The fraction of sp³-hybridized carbons (Fsp3) is 0.0714. The van der Waals surface area contributed by atoms with E-state index in [1.54, 1.807) is 4.72 Å². The molecule has 2 rings (SSSR count). The summed E-state index contributed by atoms with van der Waals surface area (Å²) in [5.74, 6) is -4.15. The van der Waals surface area contributed by atoms with Crippen LogP contribution in [0.15, 0.2) is 39.7 Å². The third-order valence-electron chi connectivity index (χ3n) is 2.89. The first-order chi connectivity index (χ1) is 11.2. The van der Waals surface area contributed by atoms with Crippen LogP contribution in [0.2, 0.25) is 0 Å². The van der Waals surface area contributed by atoms with Crippen LogP contribution in [-0.4, -0.2) is 21.5 Å². The molecule has 5 nitrogen and oxygen atoms in total. The molecule has 0 aliphatic heterocycles. The van der Waals surface area contributed by atoms with Gasteiger partial charge in [-0.25, -0.2) is 26.4 Å². The molecule has 10 heteroatoms. The highest BCUT2D eigenvalue weighted by atomic mass is 79.9. The zero-order valence-electron chi connectivity index (χ0n) is 11.9. The number of hydrogen-bond donors (Lipinski definition) is 1. The Hall–Kier alpha value is -2.07. The first kappa shape index (κ1) is 18.3. The Morgan fingerprint density at radius 3 is 2.38 bits per heavy atom. The van der Waals surface area contributed by atoms with E-state index in [-0.39, 0.29) is 10.0 Å². The van der Waals surface area contributed by atoms with Gasteiger partial charge in [0.2, 0.25) is 0 Å². The molecule has 0 aliphatic carbocycles. The van der Waals surface area contributed by atoms with Crippen LogP contribution in [0.4, 0.5) is 18.9 Å². The molecule has 2 aromatic rings. The fourth-order valence-electron chi connectivity index (χ4n) is 1.77. The fourth-order valence-corrected chi connectivity index (χ4v) is 3.40. The van der Waals surface area contributed by atoms with E-state index in [0.29, 0.717) is 6.07 Å². The molecule has 0 fully saturated rings. The number of nitrogens with one attached hydrogen (secondary N) is 1. The minimum Gasteiger partial charge on any atom is -0.465 e. The molecular formula is C14H9BrF3NO4S. The van der Waals surface area contributed by atoms with Gasteiger partial charge in [0.15, 0.2) is 0 Å². The summed E-state index contributed by atoms with van der Waals surface area (Å²) in [6, 6.07) is 3.66. The maximum atomic E-state index is 14.0. The number of hydrogen-bond acceptors (Lipinski definition) is 4. The molecule has 2 aromatic carbocycles. The maximum absolute atomic E-state index is 14.0. The van der Waals surface area contributed by atoms with E-state index < -0.39 is 44.0 Å². The van der Waals surface area contributed by atoms with Gasteiger partial charge in [0.05, 0.1) is 18.4 Å². The van der Waals surface area contributed by atoms with Crippen molar-refractivity contribution in [2.24, 2.45) is 0 Å². The lowest BCUT2D eigenvalue weighted by Gasteiger charge is -2.11. The van der Waals surface area contributed by atoms with Gasteiger partial charge in [0.25, 0.3) is 10.0 Å². The predicted octanol–water partition coefficient (Wildman–Crippen LogP) is 3.45. The molecular weight excluding hydrogens is 415 g/mol. The molecule has 0 heterocycles. The number of carbonyl (C=O) groups is 1. The van der Waals surface area contributed by atoms with Gasteiger partial charge < -0.3 is 4.74 Å². The van der Waals surface area contributed by atoms with Crippen LogP contribution in [0.3, 0.4) is 0 Å². The van der Waals surface area contributed by atoms with Gasteiger partial charge in [-0.3, -0.25) is 4.72 Å². The lowest BCUT2D eigenvalue weighted by molar-refractivity contribution is 0.0599. The molecule has 0 saturated carbocycles. The van der Waals surface area contributed by atoms with Crippen LogP contribution < -0.4 is 4.72 Å². The average Bonchev–Trinajstić information content (AvgIpc) is 2.49. The number of rotatable bonds is 4. The monoisotopic (exact) mass is 423 g/mol. The normalized spacial score (nSPS) is 11.2. The zero-order chi connectivity index (χ0) is 18.1. The number of sulfonamides is 1. The van der Waals surface area contributed by atoms with Crippen LogP contribution in [0.1, 0.15) is 10.4 Å². The Morgan fingerprint density at radius 2 is 1.79 bits per heavy atom. The van der Waals surface area contributed by atoms with Crippen molar-refractivity contribution in [3.8, 4) is 0 Å². The van der Waals surface area contributed by atoms with Crippen molar-refractivity contribution >= 4 is 37.6 Å². The quantitative estimate of drug-likeness (QED) is 0.764. The van der Waals surface area contributed by atoms with Gasteiger partial charge in [-0.15, -0.1) is 0 Å². The Morgan fingerprint density at radius 1 is 1.12 bits per heavy atom. The van der Waals surface area contributed by atoms with E-state index in [4.69, 9.17) is 0 Å². The van der Waals surface area contributed by atoms with Gasteiger partial charge in [0.1, 0.15) is 22.3 Å². The van der Waals surface area contributed by atoms with Gasteiger partial charge in [-0.1, -0.05) is 0 Å². The Labute approximate surface area is 143 Å². The molecule has 0 spiro atoms. The number of ether oxygens (including phenoxy) is 1. The first-order valence-corrected chi connectivity index (χ1v) is 8.48. The molecule has 0 amide bonds. The highest BCUT2D eigenvalue weighted by molar-refractivity contribution is 9.10. The van der Waals surface area contributed by atoms with E-state index in [1.807, 2.05) is 0 Å². The molecule has 0 aromatic heterocycles. The smallest absolute Gasteiger partial charge is 0.339 e. The number of benzene rings is 2. The van der Waals surface area contributed by atoms with Crippen molar-refractivity contribution in [1.82, 2.24) is 0 Å². The van der Waals surface area contributed by atoms with E-state index in [1.165, 1.54) is 0 Å². The lowest BCUT2D eigenvalue weighted by atomic mass is 10.2. The lowest BCUT2D eigenvalue weighted by Crippen LogP contribution is -2.17. The Kier molecular flexibility index (Phi) is 5.19. The number of methoxy groups -OCH3 is 1. The topological polar surface area (TPSA) is 72.5 Å². The third kappa shape index (κ3) is 3.70. The molecule has 1 N–H and O–H groups in total. The summed E-state index contributed by atoms with van der Waals surface area (Å²) >= 11 is 2.92. The number of carbonyl (C=O) groups excluding carboxylic acids is 1. The largest absolute Gasteiger partial charge is 0.465 e. The maximum Gasteiger partial charge on any atom is 0.339 e. The third-order valence-corrected chi connectivity index (χ3v) is 4.93. The predicted molar refractivity (Wildman–Crippen MR) is 82.6 cm³/mol. The molecule has 0 unspecified atom stereocenters. The van der Waals surface area contributed by atoms with E-state index in [2.05, 4.69) is 20.7 Å². The summed E-state index contributed by atoms with van der Waals surface area (Å²) in [5, 5.41) is 0. The van der Waals surface area contributed by atoms with Crippen LogP contribution in [0.25, 0.3) is 0 Å². The highest BCUT2D eigenvalue weighted by Crippen LogP contribution is 2.27. The van der Waals surface area contributed by atoms with E-state index in [0.717, 1.165) is 31.4 Å². The number of esters is 1. The molecule has 24 heavy (non-hydrogen) atoms. The minimum absolute atomic E-state index is 0.0150. The van der Waals surface area contributed by atoms with Crippen LogP contribution in [0, 0.1) is 17.5 Å². The van der Waals surface area contributed by atoms with Crippen molar-refractivity contribution in [3.63, 3.8) is 0 Å². The summed E-state index contributed by atoms with van der Waals surface area (Å²) in [5.41, 5.74) is -0.808. The first-order valence-electron chi connectivity index (χ1n) is 6.21. The van der Waals surface area contributed by atoms with Gasteiger partial charge in [0, 0.05) is 10.5 Å². The number of halogens is 4. The average molecular weight is 424 g/mol. The molecule has 128 valence electrons. The summed E-state index contributed by atoms with van der Waals surface area (Å²) in [6.45, 7) is 0. The summed E-state index contributed by atoms with van der Waals surface area (Å²) in [7, 11) is -3.51.